The summed E-state index contributed by atoms with van der Waals surface area (Å²) in [5, 5.41) is 0. The van der Waals surface area contributed by atoms with E-state index in [0.29, 0.717) is 32.5 Å². The van der Waals surface area contributed by atoms with Gasteiger partial charge in [0.2, 0.25) is 5.91 Å². The van der Waals surface area contributed by atoms with Gasteiger partial charge in [0.25, 0.3) is 15.9 Å². The zero-order chi connectivity index (χ0) is 24.1. The maximum atomic E-state index is 12.8. The molecule has 2 fully saturated rings. The highest BCUT2D eigenvalue weighted by Crippen LogP contribution is 2.47. The van der Waals surface area contributed by atoms with Crippen LogP contribution < -0.4 is 4.72 Å². The van der Waals surface area contributed by atoms with Gasteiger partial charge in [-0.05, 0) is 31.6 Å². The van der Waals surface area contributed by atoms with Crippen molar-refractivity contribution in [1.29, 1.82) is 0 Å². The van der Waals surface area contributed by atoms with E-state index in [9.17, 15) is 26.4 Å². The van der Waals surface area contributed by atoms with Crippen LogP contribution in [0.3, 0.4) is 0 Å². The molecule has 1 aliphatic carbocycles. The molecule has 3 rings (SSSR count). The summed E-state index contributed by atoms with van der Waals surface area (Å²) in [5.41, 5.74) is -0.521. The van der Waals surface area contributed by atoms with Crippen molar-refractivity contribution < 1.29 is 35.6 Å². The number of rotatable bonds is 7. The van der Waals surface area contributed by atoms with E-state index in [1.807, 2.05) is 13.8 Å². The molecule has 180 valence electrons. The highest BCUT2D eigenvalue weighted by atomic mass is 32.2. The van der Waals surface area contributed by atoms with Crippen molar-refractivity contribution in [2.45, 2.75) is 55.7 Å². The van der Waals surface area contributed by atoms with E-state index in [1.54, 1.807) is 6.92 Å². The lowest BCUT2D eigenvalue weighted by atomic mass is 9.76. The zero-order valence-corrected chi connectivity index (χ0v) is 20.5. The predicted octanol–water partition coefficient (Wildman–Crippen LogP) is 1.18. The lowest BCUT2D eigenvalue weighted by Gasteiger charge is -2.36. The van der Waals surface area contributed by atoms with Crippen LogP contribution in [-0.4, -0.2) is 70.9 Å². The number of sulfone groups is 1. The lowest BCUT2D eigenvalue weighted by Crippen LogP contribution is -2.47. The van der Waals surface area contributed by atoms with Gasteiger partial charge in [-0.3, -0.25) is 9.59 Å². The van der Waals surface area contributed by atoms with Crippen molar-refractivity contribution >= 4 is 31.7 Å². The second-order valence-corrected chi connectivity index (χ2v) is 13.5. The number of ether oxygens (including phenoxy) is 1. The standard InChI is InChI=1S/C20H30N2O8S2/c1-13(20(7-8-20)31(5,25)26)22(4)18(24)16-10-14(11-30-16)32(27,28)21-17(23)15-6-9-29-12-19(15,2)3/h10-11,13,15H,6-9,12H2,1-5H3,(H,21,23). The fourth-order valence-corrected chi connectivity index (χ4v) is 6.86. The van der Waals surface area contributed by atoms with Crippen LogP contribution in [0.25, 0.3) is 0 Å². The largest absolute Gasteiger partial charge is 0.458 e. The third-order valence-electron chi connectivity index (χ3n) is 6.76. The Morgan fingerprint density at radius 2 is 1.84 bits per heavy atom. The Bertz CT molecular complexity index is 1120. The Kier molecular flexibility index (Phi) is 6.29. The Morgan fingerprint density at radius 3 is 2.38 bits per heavy atom. The van der Waals surface area contributed by atoms with E-state index in [1.165, 1.54) is 11.9 Å². The number of hydrogen-bond donors (Lipinski definition) is 1. The maximum Gasteiger partial charge on any atom is 0.289 e. The Morgan fingerprint density at radius 1 is 1.22 bits per heavy atom. The molecule has 1 aliphatic heterocycles. The summed E-state index contributed by atoms with van der Waals surface area (Å²) < 4.78 is 61.3. The first-order valence-electron chi connectivity index (χ1n) is 10.3. The summed E-state index contributed by atoms with van der Waals surface area (Å²) in [6.07, 6.45) is 3.34. The summed E-state index contributed by atoms with van der Waals surface area (Å²) in [5.74, 6) is -2.09. The molecule has 10 nitrogen and oxygen atoms in total. The number of amides is 2. The van der Waals surface area contributed by atoms with Gasteiger partial charge in [-0.15, -0.1) is 0 Å². The fraction of sp³-hybridized carbons (Fsp3) is 0.700. The third kappa shape index (κ3) is 4.44. The highest BCUT2D eigenvalue weighted by molar-refractivity contribution is 7.92. The molecule has 2 unspecified atom stereocenters. The summed E-state index contributed by atoms with van der Waals surface area (Å²) in [7, 11) is -6.19. The van der Waals surface area contributed by atoms with Gasteiger partial charge < -0.3 is 14.1 Å². The van der Waals surface area contributed by atoms with E-state index in [2.05, 4.69) is 4.72 Å². The van der Waals surface area contributed by atoms with E-state index in [-0.39, 0.29) is 10.7 Å². The molecule has 32 heavy (non-hydrogen) atoms. The fourth-order valence-electron chi connectivity index (χ4n) is 4.27. The van der Waals surface area contributed by atoms with Gasteiger partial charge >= 0.3 is 0 Å². The average molecular weight is 491 g/mol. The smallest absolute Gasteiger partial charge is 0.289 e. The third-order valence-corrected chi connectivity index (χ3v) is 10.3. The monoisotopic (exact) mass is 490 g/mol. The quantitative estimate of drug-likeness (QED) is 0.601. The first-order valence-corrected chi connectivity index (χ1v) is 13.7. The van der Waals surface area contributed by atoms with E-state index in [0.717, 1.165) is 18.6 Å². The number of nitrogens with zero attached hydrogens (tertiary/aromatic N) is 1. The molecule has 2 heterocycles. The second-order valence-electron chi connectivity index (χ2n) is 9.43. The molecular weight excluding hydrogens is 460 g/mol. The number of carbonyl (C=O) groups is 2. The van der Waals surface area contributed by atoms with E-state index >= 15 is 0 Å². The molecule has 0 radical (unpaired) electrons. The first-order chi connectivity index (χ1) is 14.6. The van der Waals surface area contributed by atoms with Gasteiger partial charge in [0.05, 0.1) is 11.4 Å². The summed E-state index contributed by atoms with van der Waals surface area (Å²) >= 11 is 0. The minimum atomic E-state index is -4.26. The van der Waals surface area contributed by atoms with Crippen LogP contribution in [-0.2, 0) is 29.4 Å². The summed E-state index contributed by atoms with van der Waals surface area (Å²) in [4.78, 5) is 26.4. The van der Waals surface area contributed by atoms with Crippen LogP contribution in [0.4, 0.5) is 0 Å². The number of nitrogens with one attached hydrogen (secondary N) is 1. The molecule has 1 aromatic heterocycles. The summed E-state index contributed by atoms with van der Waals surface area (Å²) in [6, 6.07) is 0.418. The van der Waals surface area contributed by atoms with Gasteiger partial charge in [0.1, 0.15) is 11.2 Å². The normalized spacial score (nSPS) is 23.2. The lowest BCUT2D eigenvalue weighted by molar-refractivity contribution is -0.134. The molecule has 1 saturated heterocycles. The van der Waals surface area contributed by atoms with E-state index < -0.39 is 53.8 Å². The van der Waals surface area contributed by atoms with Gasteiger partial charge in [0, 0.05) is 37.9 Å². The zero-order valence-electron chi connectivity index (χ0n) is 18.9. The maximum absolute atomic E-state index is 12.8. The van der Waals surface area contributed by atoms with Crippen molar-refractivity contribution in [2.24, 2.45) is 11.3 Å². The van der Waals surface area contributed by atoms with Gasteiger partial charge in [-0.1, -0.05) is 13.8 Å². The van der Waals surface area contributed by atoms with Crippen LogP contribution >= 0.6 is 0 Å². The van der Waals surface area contributed by atoms with Crippen molar-refractivity contribution in [2.75, 3.05) is 26.5 Å². The first kappa shape index (κ1) is 24.7. The van der Waals surface area contributed by atoms with Crippen LogP contribution in [0.1, 0.15) is 50.6 Å². The van der Waals surface area contributed by atoms with Crippen molar-refractivity contribution in [3.63, 3.8) is 0 Å². The predicted molar refractivity (Wildman–Crippen MR) is 115 cm³/mol. The Hall–Kier alpha value is -1.92. The van der Waals surface area contributed by atoms with Gasteiger partial charge in [-0.25, -0.2) is 21.6 Å². The molecule has 2 aliphatic rings. The molecule has 1 aromatic rings. The van der Waals surface area contributed by atoms with Crippen LogP contribution in [0.2, 0.25) is 0 Å². The number of sulfonamides is 1. The van der Waals surface area contributed by atoms with Crippen LogP contribution in [0.5, 0.6) is 0 Å². The van der Waals surface area contributed by atoms with E-state index in [4.69, 9.17) is 9.15 Å². The Balaban J connectivity index is 1.74. The van der Waals surface area contributed by atoms with Crippen LogP contribution in [0.15, 0.2) is 21.6 Å². The summed E-state index contributed by atoms with van der Waals surface area (Å²) in [6.45, 7) is 6.01. The molecule has 1 saturated carbocycles. The molecule has 0 aromatic carbocycles. The molecule has 2 amide bonds. The number of carbonyl (C=O) groups excluding carboxylic acids is 2. The molecule has 1 N–H and O–H groups in total. The average Bonchev–Trinajstić information content (AvgIpc) is 3.35. The van der Waals surface area contributed by atoms with Crippen molar-refractivity contribution in [3.05, 3.63) is 18.1 Å². The SMILES string of the molecule is CC(N(C)C(=O)c1cc(S(=O)(=O)NC(=O)C2CCOCC2(C)C)co1)C1(S(C)(=O)=O)CC1. The van der Waals surface area contributed by atoms with Crippen molar-refractivity contribution in [3.8, 4) is 0 Å². The minimum Gasteiger partial charge on any atom is -0.458 e. The molecule has 0 spiro atoms. The molecule has 0 bridgehead atoms. The van der Waals surface area contributed by atoms with Crippen molar-refractivity contribution in [1.82, 2.24) is 9.62 Å². The number of furan rings is 1. The highest BCUT2D eigenvalue weighted by Gasteiger charge is 2.58. The molecular formula is C20H30N2O8S2. The van der Waals surface area contributed by atoms with Gasteiger partial charge in [-0.2, -0.15) is 0 Å². The minimum absolute atomic E-state index is 0.261. The Labute approximate surface area is 188 Å². The second kappa shape index (κ2) is 8.14. The topological polar surface area (TPSA) is 140 Å². The molecule has 2 atom stereocenters. The van der Waals surface area contributed by atoms with Crippen LogP contribution in [0, 0.1) is 11.3 Å². The molecule has 12 heteroatoms. The van der Waals surface area contributed by atoms with Gasteiger partial charge in [0.15, 0.2) is 15.6 Å². The number of hydrogen-bond acceptors (Lipinski definition) is 8.